The molecule has 3 heteroatoms. The Balaban J connectivity index is 1.54. The standard InChI is InChI=1S/C23H34OS2/c1-4-15-13-16-17-5-6-20(24)22(17,3)8-7-18(16)21(2)9-10-23(14-19(15)21)25-11-12-26-23/h14-18H,4-13H2,1-3H3/t15-,16?,17?,18?,21?,22?/m0/s1. The third-order valence-electron chi connectivity index (χ3n) is 9.26. The van der Waals surface area contributed by atoms with E-state index >= 15 is 0 Å². The van der Waals surface area contributed by atoms with Gasteiger partial charge in [0.1, 0.15) is 5.78 Å². The monoisotopic (exact) mass is 390 g/mol. The Kier molecular flexibility index (Phi) is 4.23. The Morgan fingerprint density at radius 2 is 1.77 bits per heavy atom. The van der Waals surface area contributed by atoms with Crippen LogP contribution in [0.5, 0.6) is 0 Å². The molecular weight excluding hydrogens is 356 g/mol. The van der Waals surface area contributed by atoms with Gasteiger partial charge in [-0.25, -0.2) is 0 Å². The first kappa shape index (κ1) is 18.2. The Bertz CT molecular complexity index is 649. The van der Waals surface area contributed by atoms with E-state index in [9.17, 15) is 4.79 Å². The number of thioether (sulfide) groups is 2. The van der Waals surface area contributed by atoms with Crippen LogP contribution in [0.1, 0.15) is 72.1 Å². The van der Waals surface area contributed by atoms with Gasteiger partial charge < -0.3 is 0 Å². The van der Waals surface area contributed by atoms with Gasteiger partial charge in [0, 0.05) is 23.3 Å². The molecule has 26 heavy (non-hydrogen) atoms. The van der Waals surface area contributed by atoms with Crippen molar-refractivity contribution in [3.05, 3.63) is 11.6 Å². The number of ketones is 1. The Labute approximate surface area is 167 Å². The van der Waals surface area contributed by atoms with Crippen molar-refractivity contribution in [3.63, 3.8) is 0 Å². The van der Waals surface area contributed by atoms with Crippen molar-refractivity contribution in [2.24, 2.45) is 34.5 Å². The average molecular weight is 391 g/mol. The zero-order valence-corrected chi connectivity index (χ0v) is 18.3. The molecular formula is C23H34OS2. The van der Waals surface area contributed by atoms with Crippen LogP contribution in [-0.4, -0.2) is 21.4 Å². The van der Waals surface area contributed by atoms with E-state index in [1.165, 1.54) is 50.0 Å². The predicted octanol–water partition coefficient (Wildman–Crippen LogP) is 6.33. The maximum absolute atomic E-state index is 12.7. The lowest BCUT2D eigenvalue weighted by Gasteiger charge is -2.60. The van der Waals surface area contributed by atoms with Crippen LogP contribution < -0.4 is 0 Å². The molecule has 0 bridgehead atoms. The molecule has 4 aliphatic carbocycles. The molecule has 4 fully saturated rings. The fourth-order valence-electron chi connectivity index (χ4n) is 7.75. The van der Waals surface area contributed by atoms with E-state index in [4.69, 9.17) is 0 Å². The molecule has 1 spiro atoms. The average Bonchev–Trinajstić information content (AvgIpc) is 3.20. The van der Waals surface area contributed by atoms with Crippen LogP contribution >= 0.6 is 23.5 Å². The van der Waals surface area contributed by atoms with Crippen LogP contribution in [-0.2, 0) is 4.79 Å². The quantitative estimate of drug-likeness (QED) is 0.487. The first-order valence-corrected chi connectivity index (χ1v) is 12.9. The van der Waals surface area contributed by atoms with Crippen molar-refractivity contribution >= 4 is 29.3 Å². The number of carbonyl (C=O) groups excluding carboxylic acids is 1. The fraction of sp³-hybridized carbons (Fsp3) is 0.870. The van der Waals surface area contributed by atoms with Crippen LogP contribution in [0.15, 0.2) is 11.6 Å². The summed E-state index contributed by atoms with van der Waals surface area (Å²) >= 11 is 4.44. The van der Waals surface area contributed by atoms with Crippen molar-refractivity contribution in [1.29, 1.82) is 0 Å². The molecule has 0 amide bonds. The zero-order valence-electron chi connectivity index (χ0n) is 16.7. The third-order valence-corrected chi connectivity index (χ3v) is 12.7. The van der Waals surface area contributed by atoms with Gasteiger partial charge in [0.2, 0.25) is 0 Å². The molecule has 1 saturated heterocycles. The van der Waals surface area contributed by atoms with Crippen molar-refractivity contribution in [2.45, 2.75) is 76.2 Å². The van der Waals surface area contributed by atoms with Gasteiger partial charge in [0.25, 0.3) is 0 Å². The highest BCUT2D eigenvalue weighted by Crippen LogP contribution is 2.68. The van der Waals surface area contributed by atoms with Crippen molar-refractivity contribution in [1.82, 2.24) is 0 Å². The minimum Gasteiger partial charge on any atom is -0.299 e. The molecule has 5 aliphatic rings. The second-order valence-electron chi connectivity index (χ2n) is 10.2. The Morgan fingerprint density at radius 3 is 2.50 bits per heavy atom. The Hall–Kier alpha value is 0.110. The highest BCUT2D eigenvalue weighted by molar-refractivity contribution is 8.21. The van der Waals surface area contributed by atoms with Gasteiger partial charge in [-0.3, -0.25) is 4.79 Å². The molecule has 3 saturated carbocycles. The predicted molar refractivity (Wildman–Crippen MR) is 114 cm³/mol. The lowest BCUT2D eigenvalue weighted by Crippen LogP contribution is -2.53. The molecule has 144 valence electrons. The molecule has 1 nitrogen and oxygen atoms in total. The summed E-state index contributed by atoms with van der Waals surface area (Å²) in [5.41, 5.74) is 2.26. The summed E-state index contributed by atoms with van der Waals surface area (Å²) in [7, 11) is 0. The number of hydrogen-bond acceptors (Lipinski definition) is 3. The normalized spacial score (nSPS) is 49.5. The largest absolute Gasteiger partial charge is 0.299 e. The highest BCUT2D eigenvalue weighted by atomic mass is 32.2. The van der Waals surface area contributed by atoms with E-state index in [1.807, 2.05) is 5.57 Å². The topological polar surface area (TPSA) is 17.1 Å². The molecule has 6 atom stereocenters. The zero-order chi connectivity index (χ0) is 18.2. The third kappa shape index (κ3) is 2.34. The molecule has 0 aromatic rings. The fourth-order valence-corrected chi connectivity index (χ4v) is 10.9. The summed E-state index contributed by atoms with van der Waals surface area (Å²) in [5.74, 6) is 6.31. The number of rotatable bonds is 1. The van der Waals surface area contributed by atoms with E-state index in [1.54, 1.807) is 0 Å². The maximum Gasteiger partial charge on any atom is 0.139 e. The summed E-state index contributed by atoms with van der Waals surface area (Å²) in [5, 5.41) is 0. The second kappa shape index (κ2) is 6.05. The molecule has 0 radical (unpaired) electrons. The first-order valence-electron chi connectivity index (χ1n) is 11.0. The Morgan fingerprint density at radius 1 is 1.04 bits per heavy atom. The van der Waals surface area contributed by atoms with Gasteiger partial charge in [-0.2, -0.15) is 0 Å². The number of Topliss-reactive ketones (excluding diaryl/α,β-unsaturated/α-hetero) is 1. The van der Waals surface area contributed by atoms with E-state index < -0.39 is 0 Å². The summed E-state index contributed by atoms with van der Waals surface area (Å²) in [6.07, 6.45) is 12.7. The molecule has 1 aliphatic heterocycles. The lowest BCUT2D eigenvalue weighted by atomic mass is 9.45. The summed E-state index contributed by atoms with van der Waals surface area (Å²) in [4.78, 5) is 12.7. The lowest BCUT2D eigenvalue weighted by molar-refractivity contribution is -0.133. The molecule has 0 aromatic carbocycles. The van der Waals surface area contributed by atoms with Gasteiger partial charge in [0.05, 0.1) is 4.08 Å². The second-order valence-corrected chi connectivity index (χ2v) is 13.3. The van der Waals surface area contributed by atoms with E-state index in [0.29, 0.717) is 21.2 Å². The minimum absolute atomic E-state index is 0.0179. The van der Waals surface area contributed by atoms with E-state index in [0.717, 1.165) is 30.6 Å². The van der Waals surface area contributed by atoms with Crippen LogP contribution in [0.3, 0.4) is 0 Å². The van der Waals surface area contributed by atoms with Gasteiger partial charge in [-0.15, -0.1) is 23.5 Å². The van der Waals surface area contributed by atoms with E-state index in [2.05, 4.69) is 50.4 Å². The van der Waals surface area contributed by atoms with Crippen molar-refractivity contribution in [2.75, 3.05) is 11.5 Å². The van der Waals surface area contributed by atoms with Gasteiger partial charge in [0.15, 0.2) is 0 Å². The molecule has 1 heterocycles. The smallest absolute Gasteiger partial charge is 0.139 e. The molecule has 0 aromatic heterocycles. The van der Waals surface area contributed by atoms with Crippen LogP contribution in [0, 0.1) is 34.5 Å². The van der Waals surface area contributed by atoms with Crippen LogP contribution in [0.2, 0.25) is 0 Å². The van der Waals surface area contributed by atoms with E-state index in [-0.39, 0.29) is 5.41 Å². The molecule has 0 N–H and O–H groups in total. The van der Waals surface area contributed by atoms with Crippen molar-refractivity contribution in [3.8, 4) is 0 Å². The number of allylic oxidation sites excluding steroid dienone is 1. The summed E-state index contributed by atoms with van der Waals surface area (Å²) < 4.78 is 0.404. The van der Waals surface area contributed by atoms with Gasteiger partial charge in [-0.1, -0.05) is 32.4 Å². The SMILES string of the molecule is CC[C@H]1CC2C3CCC(=O)C3(C)CCC2C2(C)CCC3(C=C12)SCCS3. The molecule has 5 rings (SSSR count). The van der Waals surface area contributed by atoms with Gasteiger partial charge >= 0.3 is 0 Å². The number of hydrogen-bond donors (Lipinski definition) is 0. The van der Waals surface area contributed by atoms with Crippen LogP contribution in [0.25, 0.3) is 0 Å². The first-order chi connectivity index (χ1) is 12.4. The number of fused-ring (bicyclic) bond motifs is 5. The summed E-state index contributed by atoms with van der Waals surface area (Å²) in [6, 6.07) is 0. The highest BCUT2D eigenvalue weighted by Gasteiger charge is 2.61. The maximum atomic E-state index is 12.7. The molecule has 5 unspecified atom stereocenters. The van der Waals surface area contributed by atoms with Crippen LogP contribution in [0.4, 0.5) is 0 Å². The van der Waals surface area contributed by atoms with Crippen molar-refractivity contribution < 1.29 is 4.79 Å². The minimum atomic E-state index is 0.0179. The van der Waals surface area contributed by atoms with Gasteiger partial charge in [-0.05, 0) is 74.0 Å². The summed E-state index contributed by atoms with van der Waals surface area (Å²) in [6.45, 7) is 7.35. The number of carbonyl (C=O) groups is 1.